The van der Waals surface area contributed by atoms with Crippen LogP contribution in [0.25, 0.3) is 0 Å². The van der Waals surface area contributed by atoms with Gasteiger partial charge in [-0.05, 0) is 12.1 Å². The fourth-order valence-electron chi connectivity index (χ4n) is 2.64. The Bertz CT molecular complexity index is 769. The molecule has 0 amide bonds. The van der Waals surface area contributed by atoms with Gasteiger partial charge in [0.05, 0.1) is 0 Å². The molecular formula is C16H14O7. The van der Waals surface area contributed by atoms with Crippen LogP contribution in [0.4, 0.5) is 0 Å². The van der Waals surface area contributed by atoms with Crippen molar-refractivity contribution in [1.29, 1.82) is 0 Å². The lowest BCUT2D eigenvalue weighted by Crippen LogP contribution is -2.63. The third-order valence-electron chi connectivity index (χ3n) is 3.82. The molecule has 7 nitrogen and oxygen atoms in total. The minimum Gasteiger partial charge on any atom is -0.504 e. The van der Waals surface area contributed by atoms with Crippen LogP contribution in [-0.4, -0.2) is 39.1 Å². The minimum absolute atomic E-state index is 0.144. The van der Waals surface area contributed by atoms with Crippen LogP contribution in [0.15, 0.2) is 42.5 Å². The molecule has 2 aromatic carbocycles. The molecule has 1 aliphatic rings. The summed E-state index contributed by atoms with van der Waals surface area (Å²) < 4.78 is 10.8. The Kier molecular flexibility index (Phi) is 3.29. The Morgan fingerprint density at radius 1 is 1.04 bits per heavy atom. The highest BCUT2D eigenvalue weighted by Gasteiger charge is 2.64. The van der Waals surface area contributed by atoms with Crippen molar-refractivity contribution < 1.29 is 34.7 Å². The standard InChI is InChI=1S/C16H14O7/c1-22-16(9-5-3-2-4-6-9)15(20,21)14(19)12-11(23-16)8-7-10(17)13(12)18/h2-8,17-18,20-21H,1H3. The summed E-state index contributed by atoms with van der Waals surface area (Å²) in [5.74, 6) is -8.12. The number of ketones is 1. The molecule has 0 saturated heterocycles. The summed E-state index contributed by atoms with van der Waals surface area (Å²) in [4.78, 5) is 12.5. The summed E-state index contributed by atoms with van der Waals surface area (Å²) in [5, 5.41) is 40.2. The molecule has 3 rings (SSSR count). The highest BCUT2D eigenvalue weighted by atomic mass is 16.7. The summed E-state index contributed by atoms with van der Waals surface area (Å²) in [6.45, 7) is 0. The van der Waals surface area contributed by atoms with Crippen LogP contribution in [0.5, 0.6) is 17.2 Å². The van der Waals surface area contributed by atoms with Gasteiger partial charge in [-0.1, -0.05) is 30.3 Å². The summed E-state index contributed by atoms with van der Waals surface area (Å²) in [7, 11) is 1.16. The minimum atomic E-state index is -3.12. The molecule has 1 atom stereocenters. The first-order valence-corrected chi connectivity index (χ1v) is 6.69. The molecule has 1 aliphatic heterocycles. The van der Waals surface area contributed by atoms with Crippen molar-refractivity contribution in [2.75, 3.05) is 7.11 Å². The zero-order valence-corrected chi connectivity index (χ0v) is 12.1. The lowest BCUT2D eigenvalue weighted by atomic mass is 9.86. The van der Waals surface area contributed by atoms with Crippen LogP contribution >= 0.6 is 0 Å². The Hall–Kier alpha value is -2.61. The lowest BCUT2D eigenvalue weighted by molar-refractivity contribution is -0.338. The van der Waals surface area contributed by atoms with Crippen molar-refractivity contribution in [3.8, 4) is 17.2 Å². The number of phenolic OH excluding ortho intramolecular Hbond substituents is 2. The number of Topliss-reactive ketones (excluding diaryl/α,β-unsaturated/α-hetero) is 1. The number of rotatable bonds is 2. The second kappa shape index (κ2) is 4.95. The van der Waals surface area contributed by atoms with E-state index in [0.717, 1.165) is 13.2 Å². The van der Waals surface area contributed by atoms with Gasteiger partial charge < -0.3 is 29.9 Å². The van der Waals surface area contributed by atoms with Gasteiger partial charge in [-0.15, -0.1) is 0 Å². The van der Waals surface area contributed by atoms with Crippen LogP contribution in [0.1, 0.15) is 15.9 Å². The fourth-order valence-corrected chi connectivity index (χ4v) is 2.64. The average Bonchev–Trinajstić information content (AvgIpc) is 2.55. The number of phenols is 2. The van der Waals surface area contributed by atoms with Crippen LogP contribution in [-0.2, 0) is 10.5 Å². The maximum atomic E-state index is 12.5. The first kappa shape index (κ1) is 15.3. The maximum Gasteiger partial charge on any atom is 0.301 e. The van der Waals surface area contributed by atoms with Crippen molar-refractivity contribution in [2.24, 2.45) is 0 Å². The normalized spacial score (nSPS) is 22.3. The number of carbonyl (C=O) groups excluding carboxylic acids is 1. The summed E-state index contributed by atoms with van der Waals surface area (Å²) >= 11 is 0. The fraction of sp³-hybridized carbons (Fsp3) is 0.188. The Morgan fingerprint density at radius 3 is 2.30 bits per heavy atom. The molecule has 0 spiro atoms. The van der Waals surface area contributed by atoms with Gasteiger partial charge in [0.1, 0.15) is 11.3 Å². The van der Waals surface area contributed by atoms with Gasteiger partial charge in [0, 0.05) is 12.7 Å². The molecule has 1 unspecified atom stereocenters. The van der Waals surface area contributed by atoms with Gasteiger partial charge >= 0.3 is 5.79 Å². The van der Waals surface area contributed by atoms with Crippen LogP contribution in [0, 0.1) is 0 Å². The molecule has 0 bridgehead atoms. The molecule has 0 aromatic heterocycles. The van der Waals surface area contributed by atoms with Gasteiger partial charge in [0.15, 0.2) is 11.5 Å². The number of ether oxygens (including phenoxy) is 2. The van der Waals surface area contributed by atoms with E-state index in [-0.39, 0.29) is 11.3 Å². The second-order valence-electron chi connectivity index (χ2n) is 5.10. The van der Waals surface area contributed by atoms with Crippen LogP contribution < -0.4 is 4.74 Å². The molecule has 4 N–H and O–H groups in total. The maximum absolute atomic E-state index is 12.5. The largest absolute Gasteiger partial charge is 0.504 e. The number of fused-ring (bicyclic) bond motifs is 1. The third kappa shape index (κ3) is 1.91. The summed E-state index contributed by atoms with van der Waals surface area (Å²) in [6.07, 6.45) is 0. The molecule has 120 valence electrons. The van der Waals surface area contributed by atoms with Gasteiger partial charge in [-0.2, -0.15) is 0 Å². The van der Waals surface area contributed by atoms with E-state index >= 15 is 0 Å². The molecule has 1 heterocycles. The lowest BCUT2D eigenvalue weighted by Gasteiger charge is -2.44. The molecule has 0 radical (unpaired) electrons. The van der Waals surface area contributed by atoms with Crippen molar-refractivity contribution >= 4 is 5.78 Å². The number of hydrogen-bond donors (Lipinski definition) is 4. The van der Waals surface area contributed by atoms with Gasteiger partial charge in [0.2, 0.25) is 5.78 Å². The van der Waals surface area contributed by atoms with E-state index in [4.69, 9.17) is 9.47 Å². The quantitative estimate of drug-likeness (QED) is 0.479. The number of hydrogen-bond acceptors (Lipinski definition) is 7. The van der Waals surface area contributed by atoms with E-state index in [1.807, 2.05) is 0 Å². The third-order valence-corrected chi connectivity index (χ3v) is 3.82. The number of methoxy groups -OCH3 is 1. The van der Waals surface area contributed by atoms with E-state index in [2.05, 4.69) is 0 Å². The predicted octanol–water partition coefficient (Wildman–Crippen LogP) is 0.853. The number of benzene rings is 2. The molecule has 0 aliphatic carbocycles. The van der Waals surface area contributed by atoms with Gasteiger partial charge in [-0.3, -0.25) is 4.79 Å². The zero-order valence-electron chi connectivity index (χ0n) is 12.1. The highest BCUT2D eigenvalue weighted by molar-refractivity contribution is 6.08. The average molecular weight is 318 g/mol. The van der Waals surface area contributed by atoms with Crippen molar-refractivity contribution in [3.05, 3.63) is 53.6 Å². The second-order valence-corrected chi connectivity index (χ2v) is 5.10. The molecule has 0 saturated carbocycles. The Balaban J connectivity index is 2.28. The van der Waals surface area contributed by atoms with Crippen molar-refractivity contribution in [2.45, 2.75) is 11.6 Å². The van der Waals surface area contributed by atoms with E-state index in [9.17, 15) is 25.2 Å². The van der Waals surface area contributed by atoms with Crippen molar-refractivity contribution in [1.82, 2.24) is 0 Å². The van der Waals surface area contributed by atoms with E-state index in [0.29, 0.717) is 0 Å². The Labute approximate surface area is 131 Å². The monoisotopic (exact) mass is 318 g/mol. The van der Waals surface area contributed by atoms with E-state index in [1.165, 1.54) is 18.2 Å². The number of aromatic hydroxyl groups is 2. The smallest absolute Gasteiger partial charge is 0.301 e. The number of aliphatic hydroxyl groups is 2. The van der Waals surface area contributed by atoms with Crippen molar-refractivity contribution in [3.63, 3.8) is 0 Å². The first-order chi connectivity index (χ1) is 10.8. The highest BCUT2D eigenvalue weighted by Crippen LogP contribution is 2.49. The molecule has 23 heavy (non-hydrogen) atoms. The SMILES string of the molecule is COC1(c2ccccc2)Oc2ccc(O)c(O)c2C(=O)C1(O)O. The van der Waals surface area contributed by atoms with Crippen LogP contribution in [0.2, 0.25) is 0 Å². The Morgan fingerprint density at radius 2 is 1.70 bits per heavy atom. The molecule has 0 fully saturated rings. The van der Waals surface area contributed by atoms with Crippen LogP contribution in [0.3, 0.4) is 0 Å². The molecule has 2 aromatic rings. The van der Waals surface area contributed by atoms with E-state index < -0.39 is 34.4 Å². The van der Waals surface area contributed by atoms with E-state index in [1.54, 1.807) is 18.2 Å². The number of carbonyl (C=O) groups is 1. The van der Waals surface area contributed by atoms with Gasteiger partial charge in [-0.25, -0.2) is 0 Å². The molecular weight excluding hydrogens is 304 g/mol. The zero-order chi connectivity index (χ0) is 16.8. The topological polar surface area (TPSA) is 116 Å². The predicted molar refractivity (Wildman–Crippen MR) is 77.0 cm³/mol. The first-order valence-electron chi connectivity index (χ1n) is 6.69. The summed E-state index contributed by atoms with van der Waals surface area (Å²) in [6, 6.07) is 10.3. The summed E-state index contributed by atoms with van der Waals surface area (Å²) in [5.41, 5.74) is -0.335. The van der Waals surface area contributed by atoms with Gasteiger partial charge in [0.25, 0.3) is 5.79 Å². The molecule has 7 heteroatoms.